The molecule has 2 aromatic carbocycles. The van der Waals surface area contributed by atoms with Crippen LogP contribution < -0.4 is 10.6 Å². The number of benzene rings is 2. The van der Waals surface area contributed by atoms with Gasteiger partial charge in [-0.3, -0.25) is 10.1 Å². The third-order valence-electron chi connectivity index (χ3n) is 2.83. The zero-order valence-electron chi connectivity index (χ0n) is 11.8. The molecule has 23 heavy (non-hydrogen) atoms. The molecule has 0 fully saturated rings. The van der Waals surface area contributed by atoms with Crippen molar-refractivity contribution in [3.8, 4) is 0 Å². The van der Waals surface area contributed by atoms with Gasteiger partial charge in [0.25, 0.3) is 5.91 Å². The highest BCUT2D eigenvalue weighted by atomic mass is 127. The Kier molecular flexibility index (Phi) is 5.48. The van der Waals surface area contributed by atoms with Crippen LogP contribution >= 0.6 is 22.6 Å². The van der Waals surface area contributed by atoms with Crippen LogP contribution in [0.2, 0.25) is 0 Å². The maximum absolute atomic E-state index is 13.6. The molecule has 0 bridgehead atoms. The number of amides is 2. The monoisotopic (exact) mass is 432 g/mol. The number of rotatable bonds is 3. The lowest BCUT2D eigenvalue weighted by Crippen LogP contribution is -2.15. The Morgan fingerprint density at radius 2 is 1.78 bits per heavy atom. The van der Waals surface area contributed by atoms with Crippen LogP contribution in [0.4, 0.5) is 25.0 Å². The van der Waals surface area contributed by atoms with Gasteiger partial charge in [-0.2, -0.15) is 0 Å². The lowest BCUT2D eigenvalue weighted by atomic mass is 10.2. The predicted octanol–water partition coefficient (Wildman–Crippen LogP) is 4.00. The van der Waals surface area contributed by atoms with Crippen molar-refractivity contribution < 1.29 is 23.1 Å². The van der Waals surface area contributed by atoms with E-state index in [1.807, 2.05) is 22.6 Å². The molecule has 0 spiro atoms. The Labute approximate surface area is 144 Å². The van der Waals surface area contributed by atoms with E-state index < -0.39 is 23.6 Å². The van der Waals surface area contributed by atoms with Gasteiger partial charge in [0.15, 0.2) is 0 Å². The Morgan fingerprint density at radius 3 is 2.43 bits per heavy atom. The largest absolute Gasteiger partial charge is 0.453 e. The molecule has 120 valence electrons. The molecule has 0 atom stereocenters. The maximum atomic E-state index is 13.6. The summed E-state index contributed by atoms with van der Waals surface area (Å²) >= 11 is 1.81. The van der Waals surface area contributed by atoms with E-state index in [0.717, 1.165) is 19.2 Å². The van der Waals surface area contributed by atoms with Gasteiger partial charge < -0.3 is 10.1 Å². The van der Waals surface area contributed by atoms with Crippen LogP contribution in [-0.4, -0.2) is 19.1 Å². The van der Waals surface area contributed by atoms with Crippen molar-refractivity contribution in [2.75, 3.05) is 17.7 Å². The third-order valence-corrected chi connectivity index (χ3v) is 3.70. The minimum atomic E-state index is -0.841. The number of carbonyl (C=O) groups excluding carboxylic acids is 2. The molecule has 2 amide bonds. The highest BCUT2D eigenvalue weighted by molar-refractivity contribution is 14.1. The molecule has 0 heterocycles. The van der Waals surface area contributed by atoms with Crippen molar-refractivity contribution in [2.45, 2.75) is 0 Å². The van der Waals surface area contributed by atoms with Crippen molar-refractivity contribution in [3.63, 3.8) is 0 Å². The van der Waals surface area contributed by atoms with Gasteiger partial charge in [-0.25, -0.2) is 13.6 Å². The molecule has 0 saturated heterocycles. The van der Waals surface area contributed by atoms with Crippen LogP contribution in [0.3, 0.4) is 0 Å². The molecule has 0 radical (unpaired) electrons. The number of methoxy groups -OCH3 is 1. The normalized spacial score (nSPS) is 10.1. The zero-order valence-corrected chi connectivity index (χ0v) is 14.0. The highest BCUT2D eigenvalue weighted by Gasteiger charge is 2.12. The van der Waals surface area contributed by atoms with E-state index in [9.17, 15) is 18.4 Å². The van der Waals surface area contributed by atoms with Crippen molar-refractivity contribution in [1.82, 2.24) is 0 Å². The summed E-state index contributed by atoms with van der Waals surface area (Å²) in [6.07, 6.45) is -0.841. The van der Waals surface area contributed by atoms with Crippen LogP contribution in [0.1, 0.15) is 10.4 Å². The van der Waals surface area contributed by atoms with Crippen molar-refractivity contribution in [3.05, 3.63) is 57.2 Å². The van der Waals surface area contributed by atoms with Gasteiger partial charge in [-0.05, 0) is 59.0 Å². The summed E-state index contributed by atoms with van der Waals surface area (Å²) in [6, 6.07) is 7.67. The van der Waals surface area contributed by atoms with E-state index in [2.05, 4.69) is 15.4 Å². The molecular weight excluding hydrogens is 421 g/mol. The van der Waals surface area contributed by atoms with Crippen LogP contribution in [0.25, 0.3) is 0 Å². The smallest absolute Gasteiger partial charge is 0.411 e. The standard InChI is InChI=1S/C15H11F2IN2O3/c1-23-15(22)20-13-7-9(3-4-10(13)16)19-14(21)8-2-5-12(18)11(17)6-8/h2-7H,1H3,(H,19,21)(H,20,22). The zero-order chi connectivity index (χ0) is 17.0. The number of carbonyl (C=O) groups is 2. The first-order valence-electron chi connectivity index (χ1n) is 6.31. The van der Waals surface area contributed by atoms with E-state index in [1.165, 1.54) is 24.3 Å². The summed E-state index contributed by atoms with van der Waals surface area (Å²) in [6.45, 7) is 0. The predicted molar refractivity (Wildman–Crippen MR) is 89.5 cm³/mol. The number of hydrogen-bond acceptors (Lipinski definition) is 3. The lowest BCUT2D eigenvalue weighted by Gasteiger charge is -2.09. The molecule has 2 aromatic rings. The van der Waals surface area contributed by atoms with Crippen LogP contribution in [0.15, 0.2) is 36.4 Å². The second-order valence-electron chi connectivity index (χ2n) is 4.39. The van der Waals surface area contributed by atoms with Gasteiger partial charge in [0.1, 0.15) is 11.6 Å². The van der Waals surface area contributed by atoms with Crippen LogP contribution in [0.5, 0.6) is 0 Å². The molecule has 0 aromatic heterocycles. The summed E-state index contributed by atoms with van der Waals surface area (Å²) in [4.78, 5) is 23.2. The van der Waals surface area contributed by atoms with E-state index >= 15 is 0 Å². The molecule has 0 aliphatic carbocycles. The number of anilines is 2. The molecule has 2 N–H and O–H groups in total. The quantitative estimate of drug-likeness (QED) is 0.721. The molecular formula is C15H11F2IN2O3. The Balaban J connectivity index is 2.19. The fraction of sp³-hybridized carbons (Fsp3) is 0.0667. The first-order valence-corrected chi connectivity index (χ1v) is 7.39. The number of halogens is 3. The van der Waals surface area contributed by atoms with E-state index in [4.69, 9.17) is 0 Å². The van der Waals surface area contributed by atoms with Crippen molar-refractivity contribution >= 4 is 46.0 Å². The van der Waals surface area contributed by atoms with Gasteiger partial charge in [0, 0.05) is 14.8 Å². The molecule has 2 rings (SSSR count). The first kappa shape index (κ1) is 17.1. The minimum absolute atomic E-state index is 0.120. The van der Waals surface area contributed by atoms with Gasteiger partial charge in [0.2, 0.25) is 0 Å². The third kappa shape index (κ3) is 4.38. The molecule has 0 aliphatic heterocycles. The SMILES string of the molecule is COC(=O)Nc1cc(NC(=O)c2ccc(I)c(F)c2)ccc1F. The van der Waals surface area contributed by atoms with Gasteiger partial charge >= 0.3 is 6.09 Å². The van der Waals surface area contributed by atoms with Gasteiger partial charge in [-0.15, -0.1) is 0 Å². The van der Waals surface area contributed by atoms with Crippen LogP contribution in [-0.2, 0) is 4.74 Å². The summed E-state index contributed by atoms with van der Waals surface area (Å²) in [7, 11) is 1.14. The minimum Gasteiger partial charge on any atom is -0.453 e. The van der Waals surface area contributed by atoms with Gasteiger partial charge in [-0.1, -0.05) is 0 Å². The molecule has 0 aliphatic rings. The van der Waals surface area contributed by atoms with E-state index in [-0.39, 0.29) is 16.9 Å². The molecule has 5 nitrogen and oxygen atoms in total. The van der Waals surface area contributed by atoms with E-state index in [1.54, 1.807) is 0 Å². The van der Waals surface area contributed by atoms with Gasteiger partial charge in [0.05, 0.1) is 12.8 Å². The summed E-state index contributed by atoms with van der Waals surface area (Å²) < 4.78 is 31.8. The highest BCUT2D eigenvalue weighted by Crippen LogP contribution is 2.21. The van der Waals surface area contributed by atoms with E-state index in [0.29, 0.717) is 3.57 Å². The summed E-state index contributed by atoms with van der Waals surface area (Å²) in [5.41, 5.74) is 0.208. The average Bonchev–Trinajstić information content (AvgIpc) is 2.53. The Morgan fingerprint density at radius 1 is 1.04 bits per heavy atom. The van der Waals surface area contributed by atoms with Crippen LogP contribution in [0, 0.1) is 15.2 Å². The van der Waals surface area contributed by atoms with Crippen molar-refractivity contribution in [1.29, 1.82) is 0 Å². The fourth-order valence-corrected chi connectivity index (χ4v) is 2.04. The fourth-order valence-electron chi connectivity index (χ4n) is 1.70. The number of hydrogen-bond donors (Lipinski definition) is 2. The summed E-state index contributed by atoms with van der Waals surface area (Å²) in [5.74, 6) is -1.75. The Hall–Kier alpha value is -2.23. The first-order chi connectivity index (χ1) is 10.9. The molecule has 8 heteroatoms. The van der Waals surface area contributed by atoms with Crippen molar-refractivity contribution in [2.24, 2.45) is 0 Å². The second-order valence-corrected chi connectivity index (χ2v) is 5.56. The molecule has 0 unspecified atom stereocenters. The number of nitrogens with one attached hydrogen (secondary N) is 2. The lowest BCUT2D eigenvalue weighted by molar-refractivity contribution is 0.102. The number of ether oxygens (including phenoxy) is 1. The maximum Gasteiger partial charge on any atom is 0.411 e. The topological polar surface area (TPSA) is 67.4 Å². The Bertz CT molecular complexity index is 768. The molecule has 0 saturated carbocycles. The second kappa shape index (κ2) is 7.36. The summed E-state index contributed by atoms with van der Waals surface area (Å²) in [5, 5.41) is 4.68. The average molecular weight is 432 g/mol.